The van der Waals surface area contributed by atoms with Crippen molar-refractivity contribution in [2.24, 2.45) is 0 Å². The molecule has 0 aliphatic rings. The Morgan fingerprint density at radius 2 is 2.06 bits per heavy atom. The van der Waals surface area contributed by atoms with Gasteiger partial charge in [0.05, 0.1) is 5.51 Å². The van der Waals surface area contributed by atoms with E-state index in [0.29, 0.717) is 5.69 Å². The third kappa shape index (κ3) is 2.48. The van der Waals surface area contributed by atoms with Crippen LogP contribution in [0.3, 0.4) is 0 Å². The van der Waals surface area contributed by atoms with Crippen LogP contribution in [0.1, 0.15) is 15.4 Å². The standard InChI is InChI=1S/C11H9BrN2OS/c1-7-10(13-6-16-7)11(15)14-9-4-2-8(12)3-5-9/h2-6H,1H3,(H,14,15). The molecule has 1 heterocycles. The van der Waals surface area contributed by atoms with Crippen LogP contribution in [0, 0.1) is 6.92 Å². The minimum atomic E-state index is -0.166. The van der Waals surface area contributed by atoms with Crippen molar-refractivity contribution in [3.05, 3.63) is 44.8 Å². The van der Waals surface area contributed by atoms with Crippen molar-refractivity contribution in [2.75, 3.05) is 5.32 Å². The van der Waals surface area contributed by atoms with E-state index in [1.165, 1.54) is 11.3 Å². The lowest BCUT2D eigenvalue weighted by molar-refractivity contribution is 0.102. The van der Waals surface area contributed by atoms with E-state index in [1.54, 1.807) is 5.51 Å². The summed E-state index contributed by atoms with van der Waals surface area (Å²) in [6.07, 6.45) is 0. The molecule has 0 unspecified atom stereocenters. The van der Waals surface area contributed by atoms with E-state index in [1.807, 2.05) is 31.2 Å². The van der Waals surface area contributed by atoms with Crippen LogP contribution >= 0.6 is 27.3 Å². The Bertz CT molecular complexity index is 507. The summed E-state index contributed by atoms with van der Waals surface area (Å²) in [7, 11) is 0. The molecule has 1 aromatic heterocycles. The summed E-state index contributed by atoms with van der Waals surface area (Å²) in [6.45, 7) is 1.88. The van der Waals surface area contributed by atoms with Gasteiger partial charge in [0.15, 0.2) is 0 Å². The van der Waals surface area contributed by atoms with Gasteiger partial charge in [-0.25, -0.2) is 4.98 Å². The first-order valence-corrected chi connectivity index (χ1v) is 6.31. The normalized spacial score (nSPS) is 10.1. The highest BCUT2D eigenvalue weighted by molar-refractivity contribution is 9.10. The Morgan fingerprint density at radius 3 is 2.62 bits per heavy atom. The highest BCUT2D eigenvalue weighted by atomic mass is 79.9. The topological polar surface area (TPSA) is 42.0 Å². The van der Waals surface area contributed by atoms with E-state index in [0.717, 1.165) is 15.0 Å². The van der Waals surface area contributed by atoms with Crippen molar-refractivity contribution in [3.8, 4) is 0 Å². The number of halogens is 1. The van der Waals surface area contributed by atoms with E-state index in [-0.39, 0.29) is 5.91 Å². The van der Waals surface area contributed by atoms with E-state index in [9.17, 15) is 4.79 Å². The van der Waals surface area contributed by atoms with Crippen molar-refractivity contribution in [3.63, 3.8) is 0 Å². The molecule has 1 N–H and O–H groups in total. The van der Waals surface area contributed by atoms with Gasteiger partial charge in [0.25, 0.3) is 5.91 Å². The number of aryl methyl sites for hydroxylation is 1. The van der Waals surface area contributed by atoms with Crippen molar-refractivity contribution in [1.82, 2.24) is 4.98 Å². The number of hydrogen-bond donors (Lipinski definition) is 1. The molecule has 0 fully saturated rings. The van der Waals surface area contributed by atoms with Crippen LogP contribution in [0.4, 0.5) is 5.69 Å². The highest BCUT2D eigenvalue weighted by Crippen LogP contribution is 2.16. The highest BCUT2D eigenvalue weighted by Gasteiger charge is 2.11. The van der Waals surface area contributed by atoms with Gasteiger partial charge in [-0.15, -0.1) is 11.3 Å². The Morgan fingerprint density at radius 1 is 1.38 bits per heavy atom. The van der Waals surface area contributed by atoms with Crippen LogP contribution < -0.4 is 5.32 Å². The van der Waals surface area contributed by atoms with Crippen molar-refractivity contribution in [2.45, 2.75) is 6.92 Å². The van der Waals surface area contributed by atoms with Crippen LogP contribution in [0.15, 0.2) is 34.2 Å². The molecule has 0 atom stereocenters. The number of carbonyl (C=O) groups excluding carboxylic acids is 1. The number of nitrogens with one attached hydrogen (secondary N) is 1. The predicted molar refractivity (Wildman–Crippen MR) is 68.9 cm³/mol. The molecule has 0 saturated heterocycles. The Labute approximate surface area is 106 Å². The van der Waals surface area contributed by atoms with Crippen LogP contribution in [0.5, 0.6) is 0 Å². The SMILES string of the molecule is Cc1scnc1C(=O)Nc1ccc(Br)cc1. The molecule has 1 aromatic carbocycles. The van der Waals surface area contributed by atoms with E-state index >= 15 is 0 Å². The molecular weight excluding hydrogens is 288 g/mol. The number of amides is 1. The summed E-state index contributed by atoms with van der Waals surface area (Å²) in [5, 5.41) is 2.80. The second-order valence-electron chi connectivity index (χ2n) is 3.22. The fourth-order valence-electron chi connectivity index (χ4n) is 1.25. The van der Waals surface area contributed by atoms with Gasteiger partial charge in [0.1, 0.15) is 5.69 Å². The minimum Gasteiger partial charge on any atom is -0.321 e. The minimum absolute atomic E-state index is 0.166. The summed E-state index contributed by atoms with van der Waals surface area (Å²) >= 11 is 4.80. The fourth-order valence-corrected chi connectivity index (χ4v) is 2.08. The van der Waals surface area contributed by atoms with Crippen LogP contribution in [0.25, 0.3) is 0 Å². The lowest BCUT2D eigenvalue weighted by atomic mass is 10.3. The third-order valence-corrected chi connectivity index (χ3v) is 3.35. The quantitative estimate of drug-likeness (QED) is 0.922. The number of benzene rings is 1. The molecule has 2 aromatic rings. The smallest absolute Gasteiger partial charge is 0.275 e. The number of rotatable bonds is 2. The van der Waals surface area contributed by atoms with Gasteiger partial charge in [-0.05, 0) is 31.2 Å². The molecule has 0 spiro atoms. The van der Waals surface area contributed by atoms with Crippen LogP contribution in [-0.2, 0) is 0 Å². The zero-order chi connectivity index (χ0) is 11.5. The second kappa shape index (κ2) is 4.76. The maximum atomic E-state index is 11.8. The van der Waals surface area contributed by atoms with Gasteiger partial charge >= 0.3 is 0 Å². The van der Waals surface area contributed by atoms with Crippen LogP contribution in [-0.4, -0.2) is 10.9 Å². The number of thiazole rings is 1. The first-order chi connectivity index (χ1) is 7.66. The molecular formula is C11H9BrN2OS. The summed E-state index contributed by atoms with van der Waals surface area (Å²) in [5.41, 5.74) is 2.93. The molecule has 5 heteroatoms. The van der Waals surface area contributed by atoms with Crippen LogP contribution in [0.2, 0.25) is 0 Å². The average Bonchev–Trinajstić information content (AvgIpc) is 2.68. The molecule has 0 saturated carbocycles. The number of anilines is 1. The average molecular weight is 297 g/mol. The molecule has 0 radical (unpaired) electrons. The summed E-state index contributed by atoms with van der Waals surface area (Å²) in [6, 6.07) is 7.43. The van der Waals surface area contributed by atoms with Gasteiger partial charge in [-0.3, -0.25) is 4.79 Å². The van der Waals surface area contributed by atoms with E-state index in [4.69, 9.17) is 0 Å². The van der Waals surface area contributed by atoms with E-state index < -0.39 is 0 Å². The Balaban J connectivity index is 2.14. The maximum absolute atomic E-state index is 11.8. The second-order valence-corrected chi connectivity index (χ2v) is 5.19. The number of nitrogens with zero attached hydrogens (tertiary/aromatic N) is 1. The molecule has 0 bridgehead atoms. The van der Waals surface area contributed by atoms with Crippen molar-refractivity contribution < 1.29 is 4.79 Å². The first-order valence-electron chi connectivity index (χ1n) is 4.64. The third-order valence-electron chi connectivity index (χ3n) is 2.06. The van der Waals surface area contributed by atoms with Crippen molar-refractivity contribution >= 4 is 38.9 Å². The number of carbonyl (C=O) groups is 1. The molecule has 82 valence electrons. The lowest BCUT2D eigenvalue weighted by Gasteiger charge is -2.03. The van der Waals surface area contributed by atoms with Gasteiger partial charge in [0.2, 0.25) is 0 Å². The molecule has 16 heavy (non-hydrogen) atoms. The van der Waals surface area contributed by atoms with Gasteiger partial charge < -0.3 is 5.32 Å². The van der Waals surface area contributed by atoms with Gasteiger partial charge in [-0.2, -0.15) is 0 Å². The fraction of sp³-hybridized carbons (Fsp3) is 0.0909. The zero-order valence-corrected chi connectivity index (χ0v) is 10.9. The summed E-state index contributed by atoms with van der Waals surface area (Å²) in [5.74, 6) is -0.166. The molecule has 0 aliphatic carbocycles. The maximum Gasteiger partial charge on any atom is 0.275 e. The summed E-state index contributed by atoms with van der Waals surface area (Å²) in [4.78, 5) is 16.8. The first kappa shape index (κ1) is 11.3. The van der Waals surface area contributed by atoms with Crippen molar-refractivity contribution in [1.29, 1.82) is 0 Å². The summed E-state index contributed by atoms with van der Waals surface area (Å²) < 4.78 is 0.982. The van der Waals surface area contributed by atoms with Gasteiger partial charge in [0, 0.05) is 15.0 Å². The molecule has 1 amide bonds. The monoisotopic (exact) mass is 296 g/mol. The van der Waals surface area contributed by atoms with Gasteiger partial charge in [-0.1, -0.05) is 15.9 Å². The van der Waals surface area contributed by atoms with E-state index in [2.05, 4.69) is 26.2 Å². The predicted octanol–water partition coefficient (Wildman–Crippen LogP) is 3.47. The number of aromatic nitrogens is 1. The lowest BCUT2D eigenvalue weighted by Crippen LogP contribution is -2.13. The zero-order valence-electron chi connectivity index (χ0n) is 8.53. The molecule has 3 nitrogen and oxygen atoms in total. The Kier molecular flexibility index (Phi) is 3.36. The Hall–Kier alpha value is -1.20. The molecule has 0 aliphatic heterocycles. The number of hydrogen-bond acceptors (Lipinski definition) is 3. The largest absolute Gasteiger partial charge is 0.321 e. The molecule has 2 rings (SSSR count).